The largest absolute Gasteiger partial charge is 0.480 e. The van der Waals surface area contributed by atoms with Crippen molar-refractivity contribution in [2.45, 2.75) is 25.9 Å². The molecule has 0 saturated carbocycles. The van der Waals surface area contributed by atoms with Crippen LogP contribution in [-0.2, 0) is 5.60 Å². The van der Waals surface area contributed by atoms with Gasteiger partial charge in [-0.05, 0) is 49.2 Å². The number of hydrogen-bond acceptors (Lipinski definition) is 3. The summed E-state index contributed by atoms with van der Waals surface area (Å²) >= 11 is 0. The summed E-state index contributed by atoms with van der Waals surface area (Å²) in [6.07, 6.45) is 0.574. The van der Waals surface area contributed by atoms with Gasteiger partial charge in [0, 0.05) is 12.1 Å². The molecule has 174 valence electrons. The Hall–Kier alpha value is -4.38. The molecule has 0 aromatic heterocycles. The summed E-state index contributed by atoms with van der Waals surface area (Å²) in [7, 11) is 0. The Bertz CT molecular complexity index is 1370. The number of amides is 2. The average molecular weight is 462 g/mol. The van der Waals surface area contributed by atoms with Crippen LogP contribution >= 0.6 is 0 Å². The van der Waals surface area contributed by atoms with E-state index in [1.165, 1.54) is 0 Å². The minimum atomic E-state index is -0.635. The normalized spacial score (nSPS) is 16.8. The molecular formula is C30H27N3O2. The topological polar surface area (TPSA) is 62.7 Å². The smallest absolute Gasteiger partial charge is 0.323 e. The Balaban J connectivity index is 1.54. The quantitative estimate of drug-likeness (QED) is 0.331. The lowest BCUT2D eigenvalue weighted by molar-refractivity contribution is 0.0980. The first-order valence-corrected chi connectivity index (χ1v) is 11.7. The van der Waals surface area contributed by atoms with E-state index in [0.717, 1.165) is 28.1 Å². The molecule has 35 heavy (non-hydrogen) atoms. The lowest BCUT2D eigenvalue weighted by Crippen LogP contribution is -2.31. The van der Waals surface area contributed by atoms with E-state index >= 15 is 0 Å². The number of fused-ring (bicyclic) bond motifs is 1. The molecule has 0 spiro atoms. The van der Waals surface area contributed by atoms with Gasteiger partial charge in [0.2, 0.25) is 0 Å². The van der Waals surface area contributed by atoms with E-state index in [9.17, 15) is 4.79 Å². The first-order valence-electron chi connectivity index (χ1n) is 11.7. The first kappa shape index (κ1) is 22.4. The number of aliphatic imine (C=N–C) groups is 1. The number of rotatable bonds is 4. The van der Waals surface area contributed by atoms with Crippen LogP contribution in [0.2, 0.25) is 0 Å². The summed E-state index contributed by atoms with van der Waals surface area (Å²) < 4.78 is 6.65. The Kier molecular flexibility index (Phi) is 6.06. The second kappa shape index (κ2) is 9.47. The molecule has 0 fully saturated rings. The molecule has 1 atom stereocenters. The maximum atomic E-state index is 12.8. The van der Waals surface area contributed by atoms with Crippen LogP contribution in [0.25, 0.3) is 0 Å². The van der Waals surface area contributed by atoms with Gasteiger partial charge in [0.05, 0.1) is 11.4 Å². The van der Waals surface area contributed by atoms with Crippen LogP contribution in [0.15, 0.2) is 108 Å². The molecule has 1 aliphatic heterocycles. The molecule has 0 aliphatic carbocycles. The van der Waals surface area contributed by atoms with Crippen LogP contribution in [0.5, 0.6) is 5.75 Å². The molecule has 4 aromatic carbocycles. The second-order valence-electron chi connectivity index (χ2n) is 8.90. The van der Waals surface area contributed by atoms with E-state index in [2.05, 4.69) is 41.8 Å². The van der Waals surface area contributed by atoms with Gasteiger partial charge in [0.25, 0.3) is 0 Å². The van der Waals surface area contributed by atoms with Crippen LogP contribution in [-0.4, -0.2) is 11.7 Å². The number of carbonyl (C=O) groups excluding carboxylic acids is 1. The Labute approximate surface area is 205 Å². The number of para-hydroxylation sites is 1. The number of nitrogens with one attached hydrogen (secondary N) is 2. The van der Waals surface area contributed by atoms with Crippen molar-refractivity contribution >= 4 is 28.8 Å². The molecule has 2 N–H and O–H groups in total. The summed E-state index contributed by atoms with van der Waals surface area (Å²) in [5, 5.41) is 5.85. The number of urea groups is 1. The summed E-state index contributed by atoms with van der Waals surface area (Å²) in [5.74, 6) is 0.621. The Morgan fingerprint density at radius 1 is 0.829 bits per heavy atom. The van der Waals surface area contributed by atoms with Crippen LogP contribution in [0.4, 0.5) is 21.9 Å². The van der Waals surface area contributed by atoms with Crippen molar-refractivity contribution in [2.24, 2.45) is 4.99 Å². The van der Waals surface area contributed by atoms with Gasteiger partial charge in [-0.1, -0.05) is 84.4 Å². The van der Waals surface area contributed by atoms with Crippen molar-refractivity contribution in [1.29, 1.82) is 0 Å². The molecule has 4 aromatic rings. The van der Waals surface area contributed by atoms with Crippen molar-refractivity contribution in [3.05, 3.63) is 120 Å². The summed E-state index contributed by atoms with van der Waals surface area (Å²) in [6, 6.07) is 33.2. The molecule has 5 heteroatoms. The van der Waals surface area contributed by atoms with E-state index in [1.807, 2.05) is 85.8 Å². The second-order valence-corrected chi connectivity index (χ2v) is 8.90. The van der Waals surface area contributed by atoms with Gasteiger partial charge in [0.15, 0.2) is 0 Å². The summed E-state index contributed by atoms with van der Waals surface area (Å²) in [4.78, 5) is 17.9. The number of nitrogens with zero attached hydrogens (tertiary/aromatic N) is 1. The highest BCUT2D eigenvalue weighted by atomic mass is 16.5. The number of carbonyl (C=O) groups is 1. The predicted octanol–water partition coefficient (Wildman–Crippen LogP) is 7.46. The molecular weight excluding hydrogens is 434 g/mol. The minimum absolute atomic E-state index is 0.339. The highest BCUT2D eigenvalue weighted by Crippen LogP contribution is 2.44. The van der Waals surface area contributed by atoms with Crippen LogP contribution in [0.3, 0.4) is 0 Å². The van der Waals surface area contributed by atoms with E-state index in [4.69, 9.17) is 9.73 Å². The number of benzene rings is 4. The van der Waals surface area contributed by atoms with Gasteiger partial charge in [-0.15, -0.1) is 0 Å². The van der Waals surface area contributed by atoms with Gasteiger partial charge in [-0.25, -0.2) is 9.79 Å². The average Bonchev–Trinajstić information content (AvgIpc) is 3.04. The maximum absolute atomic E-state index is 12.8. The third-order valence-corrected chi connectivity index (χ3v) is 6.13. The lowest BCUT2D eigenvalue weighted by Gasteiger charge is -2.30. The first-order chi connectivity index (χ1) is 17.0. The molecule has 1 aliphatic rings. The van der Waals surface area contributed by atoms with E-state index in [0.29, 0.717) is 23.5 Å². The molecule has 1 heterocycles. The van der Waals surface area contributed by atoms with Crippen LogP contribution < -0.4 is 15.4 Å². The van der Waals surface area contributed by atoms with Gasteiger partial charge < -0.3 is 15.4 Å². The zero-order valence-electron chi connectivity index (χ0n) is 19.8. The zero-order chi connectivity index (χ0) is 24.3. The Morgan fingerprint density at radius 2 is 1.51 bits per heavy atom. The predicted molar refractivity (Wildman–Crippen MR) is 142 cm³/mol. The highest BCUT2D eigenvalue weighted by molar-refractivity contribution is 6.06. The molecule has 0 radical (unpaired) electrons. The third-order valence-electron chi connectivity index (χ3n) is 6.13. The van der Waals surface area contributed by atoms with Gasteiger partial charge in [-0.2, -0.15) is 0 Å². The molecule has 2 amide bonds. The minimum Gasteiger partial charge on any atom is -0.480 e. The van der Waals surface area contributed by atoms with E-state index < -0.39 is 5.60 Å². The van der Waals surface area contributed by atoms with Crippen LogP contribution in [0, 0.1) is 6.92 Å². The lowest BCUT2D eigenvalue weighted by atomic mass is 9.88. The fraction of sp³-hybridized carbons (Fsp3) is 0.133. The SMILES string of the molecule is Cc1ccc(NC(=O)Nc2cccc3c2N=C(c2ccccc2)CC(C)(c2ccccc2)O3)cc1. The van der Waals surface area contributed by atoms with Gasteiger partial charge in [-0.3, -0.25) is 0 Å². The highest BCUT2D eigenvalue weighted by Gasteiger charge is 2.35. The van der Waals surface area contributed by atoms with Gasteiger partial charge >= 0.3 is 6.03 Å². The molecule has 5 nitrogen and oxygen atoms in total. The fourth-order valence-electron chi connectivity index (χ4n) is 4.26. The number of hydrogen-bond donors (Lipinski definition) is 2. The third kappa shape index (κ3) is 4.94. The van der Waals surface area contributed by atoms with Crippen molar-refractivity contribution in [3.8, 4) is 5.75 Å². The number of aryl methyl sites for hydroxylation is 1. The number of ether oxygens (including phenoxy) is 1. The maximum Gasteiger partial charge on any atom is 0.323 e. The van der Waals surface area contributed by atoms with Gasteiger partial charge in [0.1, 0.15) is 17.0 Å². The molecule has 0 bridgehead atoms. The summed E-state index contributed by atoms with van der Waals surface area (Å²) in [6.45, 7) is 4.09. The summed E-state index contributed by atoms with van der Waals surface area (Å²) in [5.41, 5.74) is 5.37. The van der Waals surface area contributed by atoms with Crippen molar-refractivity contribution in [1.82, 2.24) is 0 Å². The molecule has 5 rings (SSSR count). The number of anilines is 2. The van der Waals surface area contributed by atoms with Crippen molar-refractivity contribution in [2.75, 3.05) is 10.6 Å². The van der Waals surface area contributed by atoms with Crippen molar-refractivity contribution in [3.63, 3.8) is 0 Å². The van der Waals surface area contributed by atoms with E-state index in [1.54, 1.807) is 0 Å². The monoisotopic (exact) mass is 461 g/mol. The Morgan fingerprint density at radius 3 is 2.23 bits per heavy atom. The zero-order valence-corrected chi connectivity index (χ0v) is 19.8. The molecule has 0 saturated heterocycles. The standard InChI is InChI=1S/C30H27N3O2/c1-21-16-18-24(19-17-21)31-29(34)33-25-14-9-15-27-28(25)32-26(22-10-5-3-6-11-22)20-30(2,35-27)23-12-7-4-8-13-23/h3-19H,20H2,1-2H3,(H2,31,33,34). The molecule has 1 unspecified atom stereocenters. The fourth-order valence-corrected chi connectivity index (χ4v) is 4.26. The van der Waals surface area contributed by atoms with Crippen LogP contribution in [0.1, 0.15) is 30.0 Å². The van der Waals surface area contributed by atoms with E-state index in [-0.39, 0.29) is 6.03 Å². The van der Waals surface area contributed by atoms with Crippen molar-refractivity contribution < 1.29 is 9.53 Å².